The van der Waals surface area contributed by atoms with Gasteiger partial charge in [-0.3, -0.25) is 4.79 Å². The molecule has 0 radical (unpaired) electrons. The maximum absolute atomic E-state index is 12.1. The molecule has 4 bridgehead atoms. The van der Waals surface area contributed by atoms with Gasteiger partial charge in [-0.25, -0.2) is 9.97 Å². The molecule has 11 heteroatoms. The van der Waals surface area contributed by atoms with Crippen LogP contribution >= 0.6 is 0 Å². The highest BCUT2D eigenvalue weighted by atomic mass is 16.5. The monoisotopic (exact) mass is 439 g/mol. The fourth-order valence-electron chi connectivity index (χ4n) is 6.27. The van der Waals surface area contributed by atoms with Gasteiger partial charge in [-0.15, -0.1) is 0 Å². The third-order valence-corrected chi connectivity index (χ3v) is 7.26. The Hall–Kier alpha value is -3.05. The SMILES string of the molecule is O=C(NCCO)c1nc(-c2cnc3nc[nH]c3c2NC2[C@@H]3CC4C[C@H]2CC(O)(C4)C3)no1. The summed E-state index contributed by atoms with van der Waals surface area (Å²) in [5.74, 6) is 0.925. The average Bonchev–Trinajstić information content (AvgIpc) is 3.43. The van der Waals surface area contributed by atoms with Crippen LogP contribution in [0.4, 0.5) is 5.69 Å². The molecule has 4 saturated carbocycles. The van der Waals surface area contributed by atoms with E-state index in [1.807, 2.05) is 0 Å². The quantitative estimate of drug-likeness (QED) is 0.378. The van der Waals surface area contributed by atoms with Crippen molar-refractivity contribution in [1.29, 1.82) is 0 Å². The highest BCUT2D eigenvalue weighted by Crippen LogP contribution is 2.56. The third-order valence-electron chi connectivity index (χ3n) is 7.26. The van der Waals surface area contributed by atoms with Gasteiger partial charge in [0.2, 0.25) is 5.82 Å². The van der Waals surface area contributed by atoms with Crippen molar-refractivity contribution in [2.75, 3.05) is 18.5 Å². The number of pyridine rings is 1. The third kappa shape index (κ3) is 3.15. The van der Waals surface area contributed by atoms with E-state index >= 15 is 0 Å². The van der Waals surface area contributed by atoms with Crippen LogP contribution in [0, 0.1) is 17.8 Å². The topological polar surface area (TPSA) is 162 Å². The van der Waals surface area contributed by atoms with Crippen molar-refractivity contribution in [3.8, 4) is 11.4 Å². The molecule has 4 aliphatic carbocycles. The van der Waals surface area contributed by atoms with Gasteiger partial charge in [-0.2, -0.15) is 4.98 Å². The zero-order valence-corrected chi connectivity index (χ0v) is 17.4. The van der Waals surface area contributed by atoms with E-state index in [9.17, 15) is 9.90 Å². The maximum Gasteiger partial charge on any atom is 0.316 e. The minimum absolute atomic E-state index is 0.100. The Bertz CT molecular complexity index is 1160. The van der Waals surface area contributed by atoms with Gasteiger partial charge in [-0.05, 0) is 49.9 Å². The average molecular weight is 439 g/mol. The number of carbonyl (C=O) groups is 1. The summed E-state index contributed by atoms with van der Waals surface area (Å²) in [6, 6.07) is 0.221. The Balaban J connectivity index is 1.35. The molecule has 0 spiro atoms. The molecule has 11 nitrogen and oxygen atoms in total. The van der Waals surface area contributed by atoms with E-state index in [1.54, 1.807) is 12.5 Å². The molecule has 3 aromatic heterocycles. The molecule has 0 saturated heterocycles. The second kappa shape index (κ2) is 7.24. The molecular formula is C21H25N7O4. The van der Waals surface area contributed by atoms with Crippen LogP contribution in [-0.2, 0) is 0 Å². The minimum atomic E-state index is -0.544. The Morgan fingerprint density at radius 2 is 2.06 bits per heavy atom. The molecule has 3 unspecified atom stereocenters. The number of fused-ring (bicyclic) bond motifs is 1. The van der Waals surface area contributed by atoms with Crippen molar-refractivity contribution in [2.45, 2.75) is 43.7 Å². The fraction of sp³-hybridized carbons (Fsp3) is 0.571. The number of nitrogens with one attached hydrogen (secondary N) is 3. The summed E-state index contributed by atoms with van der Waals surface area (Å²) in [7, 11) is 0. The number of nitrogens with zero attached hydrogens (tertiary/aromatic N) is 4. The number of hydrogen-bond acceptors (Lipinski definition) is 9. The number of carbonyl (C=O) groups excluding carboxylic acids is 1. The lowest BCUT2D eigenvalue weighted by molar-refractivity contribution is -0.129. The molecule has 5 atom stereocenters. The number of H-pyrrole nitrogens is 1. The number of rotatable bonds is 6. The van der Waals surface area contributed by atoms with Gasteiger partial charge in [0, 0.05) is 18.8 Å². The molecule has 7 rings (SSSR count). The van der Waals surface area contributed by atoms with E-state index in [1.165, 1.54) is 0 Å². The van der Waals surface area contributed by atoms with E-state index < -0.39 is 11.5 Å². The van der Waals surface area contributed by atoms with Crippen LogP contribution in [0.3, 0.4) is 0 Å². The minimum Gasteiger partial charge on any atom is -0.395 e. The van der Waals surface area contributed by atoms with E-state index in [-0.39, 0.29) is 30.9 Å². The Morgan fingerprint density at radius 1 is 1.25 bits per heavy atom. The zero-order chi connectivity index (χ0) is 21.9. The predicted molar refractivity (Wildman–Crippen MR) is 113 cm³/mol. The summed E-state index contributed by atoms with van der Waals surface area (Å²) in [6.07, 6.45) is 8.05. The Labute approximate surface area is 183 Å². The van der Waals surface area contributed by atoms with Gasteiger partial charge < -0.3 is 30.4 Å². The number of aliphatic hydroxyl groups excluding tert-OH is 1. The maximum atomic E-state index is 12.1. The first-order valence-corrected chi connectivity index (χ1v) is 11.1. The molecule has 4 fully saturated rings. The van der Waals surface area contributed by atoms with E-state index in [4.69, 9.17) is 9.63 Å². The molecule has 1 amide bonds. The number of hydrogen-bond donors (Lipinski definition) is 5. The van der Waals surface area contributed by atoms with Gasteiger partial charge >= 0.3 is 11.8 Å². The summed E-state index contributed by atoms with van der Waals surface area (Å²) in [5, 5.41) is 30.1. The van der Waals surface area contributed by atoms with Crippen LogP contribution in [0.25, 0.3) is 22.6 Å². The second-order valence-corrected chi connectivity index (χ2v) is 9.42. The van der Waals surface area contributed by atoms with Crippen molar-refractivity contribution in [1.82, 2.24) is 30.4 Å². The van der Waals surface area contributed by atoms with Crippen LogP contribution in [-0.4, -0.2) is 66.0 Å². The van der Waals surface area contributed by atoms with Gasteiger partial charge in [0.1, 0.15) is 5.52 Å². The Kier molecular flexibility index (Phi) is 4.44. The normalized spacial score (nSPS) is 30.7. The van der Waals surface area contributed by atoms with Crippen LogP contribution in [0.1, 0.15) is 42.8 Å². The summed E-state index contributed by atoms with van der Waals surface area (Å²) in [4.78, 5) is 28.2. The molecule has 0 aromatic carbocycles. The highest BCUT2D eigenvalue weighted by Gasteiger charge is 2.54. The standard InChI is InChI=1S/C21H25N7O4/c29-2-1-22-19(30)20-27-17(28-32-20)13-8-23-18-16(24-9-25-18)15(13)26-14-11-3-10-4-12(14)7-21(31,5-10)6-11/h8-12,14,29,31H,1-7H2,(H,22,30)(H2,23,24,25,26)/t10?,11-,12+,14?,21?. The lowest BCUT2D eigenvalue weighted by Crippen LogP contribution is -2.59. The van der Waals surface area contributed by atoms with Crippen LogP contribution < -0.4 is 10.6 Å². The van der Waals surface area contributed by atoms with Gasteiger partial charge in [0.15, 0.2) is 5.65 Å². The first-order valence-electron chi connectivity index (χ1n) is 11.1. The number of aromatic nitrogens is 5. The molecule has 32 heavy (non-hydrogen) atoms. The van der Waals surface area contributed by atoms with Crippen molar-refractivity contribution in [3.63, 3.8) is 0 Å². The van der Waals surface area contributed by atoms with Gasteiger partial charge in [0.05, 0.1) is 29.8 Å². The first-order chi connectivity index (χ1) is 15.5. The highest BCUT2D eigenvalue weighted by molar-refractivity contribution is 5.95. The molecule has 3 heterocycles. The molecular weight excluding hydrogens is 414 g/mol. The van der Waals surface area contributed by atoms with Crippen molar-refractivity contribution >= 4 is 22.8 Å². The lowest BCUT2D eigenvalue weighted by atomic mass is 9.52. The number of amides is 1. The van der Waals surface area contributed by atoms with Crippen molar-refractivity contribution in [2.24, 2.45) is 17.8 Å². The zero-order valence-electron chi connectivity index (χ0n) is 17.4. The van der Waals surface area contributed by atoms with Gasteiger partial charge in [-0.1, -0.05) is 5.16 Å². The number of aromatic amines is 1. The summed E-state index contributed by atoms with van der Waals surface area (Å²) in [5.41, 5.74) is 2.19. The number of anilines is 1. The van der Waals surface area contributed by atoms with Crippen LogP contribution in [0.15, 0.2) is 17.0 Å². The fourth-order valence-corrected chi connectivity index (χ4v) is 6.27. The number of aliphatic hydroxyl groups is 2. The van der Waals surface area contributed by atoms with E-state index in [2.05, 4.69) is 35.7 Å². The molecule has 3 aromatic rings. The summed E-state index contributed by atoms with van der Waals surface area (Å²) >= 11 is 0. The lowest BCUT2D eigenvalue weighted by Gasteiger charge is -2.58. The summed E-state index contributed by atoms with van der Waals surface area (Å²) in [6.45, 7) is -0.0796. The molecule has 0 aliphatic heterocycles. The second-order valence-electron chi connectivity index (χ2n) is 9.42. The van der Waals surface area contributed by atoms with Crippen LogP contribution in [0.5, 0.6) is 0 Å². The predicted octanol–water partition coefficient (Wildman–Crippen LogP) is 1.08. The largest absolute Gasteiger partial charge is 0.395 e. The van der Waals surface area contributed by atoms with Gasteiger partial charge in [0.25, 0.3) is 0 Å². The van der Waals surface area contributed by atoms with Crippen molar-refractivity contribution < 1.29 is 19.5 Å². The summed E-state index contributed by atoms with van der Waals surface area (Å²) < 4.78 is 5.15. The molecule has 168 valence electrons. The smallest absolute Gasteiger partial charge is 0.316 e. The first kappa shape index (κ1) is 19.6. The molecule has 5 N–H and O–H groups in total. The number of imidazole rings is 1. The van der Waals surface area contributed by atoms with Crippen LogP contribution in [0.2, 0.25) is 0 Å². The molecule has 4 aliphatic rings. The van der Waals surface area contributed by atoms with Crippen molar-refractivity contribution in [3.05, 3.63) is 18.4 Å². The Morgan fingerprint density at radius 3 is 2.81 bits per heavy atom. The van der Waals surface area contributed by atoms with E-state index in [0.717, 1.165) is 43.3 Å². The van der Waals surface area contributed by atoms with E-state index in [0.29, 0.717) is 29.0 Å².